The van der Waals surface area contributed by atoms with Crippen LogP contribution in [-0.2, 0) is 0 Å². The number of hydrogen-bond donors (Lipinski definition) is 0. The van der Waals surface area contributed by atoms with Gasteiger partial charge < -0.3 is 0 Å². The van der Waals surface area contributed by atoms with Crippen LogP contribution in [0.15, 0.2) is 54.6 Å². The summed E-state index contributed by atoms with van der Waals surface area (Å²) in [6.45, 7) is 2.01. The van der Waals surface area contributed by atoms with Crippen LogP contribution in [0, 0.1) is 12.7 Å². The normalized spacial score (nSPS) is 10.8. The van der Waals surface area contributed by atoms with Crippen LogP contribution >= 0.6 is 0 Å². The zero-order valence-corrected chi connectivity index (χ0v) is 10.1. The third kappa shape index (κ3) is 3.14. The van der Waals surface area contributed by atoms with Crippen molar-refractivity contribution < 1.29 is 9.18 Å². The fourth-order valence-corrected chi connectivity index (χ4v) is 1.56. The lowest BCUT2D eigenvalue weighted by atomic mass is 10.1. The Labute approximate surface area is 106 Å². The first-order valence-electron chi connectivity index (χ1n) is 5.70. The standard InChI is InChI=1S/C16H13FO/c1-12-2-4-13(5-3-12)6-11-16(18)14-7-9-15(17)10-8-14/h2-11H,1H3/b11-6+. The van der Waals surface area contributed by atoms with E-state index in [9.17, 15) is 9.18 Å². The van der Waals surface area contributed by atoms with Crippen LogP contribution in [0.5, 0.6) is 0 Å². The van der Waals surface area contributed by atoms with Gasteiger partial charge in [-0.1, -0.05) is 35.9 Å². The van der Waals surface area contributed by atoms with Gasteiger partial charge in [0.2, 0.25) is 0 Å². The van der Waals surface area contributed by atoms with E-state index in [1.807, 2.05) is 31.2 Å². The number of aryl methyl sites for hydroxylation is 1. The van der Waals surface area contributed by atoms with Crippen LogP contribution in [0.2, 0.25) is 0 Å². The molecule has 0 heterocycles. The van der Waals surface area contributed by atoms with E-state index in [1.54, 1.807) is 6.08 Å². The van der Waals surface area contributed by atoms with E-state index >= 15 is 0 Å². The van der Waals surface area contributed by atoms with Gasteiger partial charge in [0.25, 0.3) is 0 Å². The molecule has 0 saturated carbocycles. The molecule has 2 aromatic carbocycles. The molecule has 0 spiro atoms. The second kappa shape index (κ2) is 5.41. The zero-order chi connectivity index (χ0) is 13.0. The van der Waals surface area contributed by atoms with Gasteiger partial charge in [-0.3, -0.25) is 4.79 Å². The lowest BCUT2D eigenvalue weighted by Gasteiger charge is -1.96. The predicted molar refractivity (Wildman–Crippen MR) is 70.9 cm³/mol. The number of hydrogen-bond acceptors (Lipinski definition) is 1. The lowest BCUT2D eigenvalue weighted by molar-refractivity contribution is 0.104. The Morgan fingerprint density at radius 3 is 2.22 bits per heavy atom. The van der Waals surface area contributed by atoms with E-state index in [4.69, 9.17) is 0 Å². The van der Waals surface area contributed by atoms with E-state index in [1.165, 1.54) is 35.9 Å². The van der Waals surface area contributed by atoms with Crippen molar-refractivity contribution in [1.82, 2.24) is 0 Å². The number of ketones is 1. The number of allylic oxidation sites excluding steroid dienone is 1. The van der Waals surface area contributed by atoms with Crippen LogP contribution in [0.4, 0.5) is 4.39 Å². The largest absolute Gasteiger partial charge is 0.289 e. The highest BCUT2D eigenvalue weighted by Gasteiger charge is 2.01. The number of rotatable bonds is 3. The maximum atomic E-state index is 12.7. The van der Waals surface area contributed by atoms with Gasteiger partial charge in [-0.15, -0.1) is 0 Å². The van der Waals surface area contributed by atoms with E-state index in [2.05, 4.69) is 0 Å². The Morgan fingerprint density at radius 2 is 1.61 bits per heavy atom. The minimum atomic E-state index is -0.339. The van der Waals surface area contributed by atoms with Crippen molar-refractivity contribution in [3.05, 3.63) is 77.1 Å². The summed E-state index contributed by atoms with van der Waals surface area (Å²) in [6.07, 6.45) is 3.25. The van der Waals surface area contributed by atoms with Gasteiger partial charge in [-0.25, -0.2) is 4.39 Å². The molecular formula is C16H13FO. The number of halogens is 1. The molecule has 18 heavy (non-hydrogen) atoms. The van der Waals surface area contributed by atoms with Crippen molar-refractivity contribution in [1.29, 1.82) is 0 Å². The van der Waals surface area contributed by atoms with Gasteiger partial charge in [0.15, 0.2) is 5.78 Å². The summed E-state index contributed by atoms with van der Waals surface area (Å²) in [5.41, 5.74) is 2.63. The van der Waals surface area contributed by atoms with Gasteiger partial charge in [0.1, 0.15) is 5.82 Å². The van der Waals surface area contributed by atoms with E-state index in [0.29, 0.717) is 5.56 Å². The summed E-state index contributed by atoms with van der Waals surface area (Å²) in [5.74, 6) is -0.468. The smallest absolute Gasteiger partial charge is 0.185 e. The topological polar surface area (TPSA) is 17.1 Å². The van der Waals surface area contributed by atoms with Crippen LogP contribution in [0.1, 0.15) is 21.5 Å². The van der Waals surface area contributed by atoms with Crippen molar-refractivity contribution in [2.75, 3.05) is 0 Å². The molecule has 0 aliphatic rings. The van der Waals surface area contributed by atoms with Crippen molar-refractivity contribution in [3.8, 4) is 0 Å². The van der Waals surface area contributed by atoms with Crippen LogP contribution in [-0.4, -0.2) is 5.78 Å². The highest BCUT2D eigenvalue weighted by molar-refractivity contribution is 6.06. The molecule has 2 heteroatoms. The Morgan fingerprint density at radius 1 is 1.00 bits per heavy atom. The van der Waals surface area contributed by atoms with Crippen molar-refractivity contribution in [2.24, 2.45) is 0 Å². The molecule has 0 fully saturated rings. The SMILES string of the molecule is Cc1ccc(/C=C/C(=O)c2ccc(F)cc2)cc1. The van der Waals surface area contributed by atoms with E-state index < -0.39 is 0 Å². The Kier molecular flexibility index (Phi) is 3.68. The fraction of sp³-hybridized carbons (Fsp3) is 0.0625. The first kappa shape index (κ1) is 12.2. The highest BCUT2D eigenvalue weighted by Crippen LogP contribution is 2.08. The molecule has 0 aliphatic carbocycles. The third-order valence-electron chi connectivity index (χ3n) is 2.63. The van der Waals surface area contributed by atoms with Gasteiger partial charge in [0, 0.05) is 5.56 Å². The molecule has 0 saturated heterocycles. The Hall–Kier alpha value is -2.22. The molecule has 2 rings (SSSR count). The average molecular weight is 240 g/mol. The quantitative estimate of drug-likeness (QED) is 0.584. The molecule has 0 N–H and O–H groups in total. The second-order valence-corrected chi connectivity index (χ2v) is 4.12. The Bertz CT molecular complexity index is 565. The molecule has 0 radical (unpaired) electrons. The van der Waals surface area contributed by atoms with Crippen LogP contribution < -0.4 is 0 Å². The molecule has 0 amide bonds. The minimum absolute atomic E-state index is 0.129. The number of benzene rings is 2. The summed E-state index contributed by atoms with van der Waals surface area (Å²) in [7, 11) is 0. The summed E-state index contributed by atoms with van der Waals surface area (Å²) >= 11 is 0. The number of carbonyl (C=O) groups is 1. The Balaban J connectivity index is 2.11. The maximum absolute atomic E-state index is 12.7. The van der Waals surface area contributed by atoms with Gasteiger partial charge in [-0.05, 0) is 42.8 Å². The van der Waals surface area contributed by atoms with Crippen molar-refractivity contribution in [3.63, 3.8) is 0 Å². The van der Waals surface area contributed by atoms with Crippen LogP contribution in [0.25, 0.3) is 6.08 Å². The average Bonchev–Trinajstić information content (AvgIpc) is 2.38. The third-order valence-corrected chi connectivity index (χ3v) is 2.63. The van der Waals surface area contributed by atoms with Crippen LogP contribution in [0.3, 0.4) is 0 Å². The molecule has 0 atom stereocenters. The monoisotopic (exact) mass is 240 g/mol. The molecule has 1 nitrogen and oxygen atoms in total. The van der Waals surface area contributed by atoms with Gasteiger partial charge >= 0.3 is 0 Å². The highest BCUT2D eigenvalue weighted by atomic mass is 19.1. The van der Waals surface area contributed by atoms with Crippen molar-refractivity contribution >= 4 is 11.9 Å². The molecule has 0 aliphatic heterocycles. The molecule has 0 aromatic heterocycles. The summed E-state index contributed by atoms with van der Waals surface area (Å²) < 4.78 is 12.7. The summed E-state index contributed by atoms with van der Waals surface area (Å²) in [4.78, 5) is 11.8. The predicted octanol–water partition coefficient (Wildman–Crippen LogP) is 4.03. The van der Waals surface area contributed by atoms with Gasteiger partial charge in [-0.2, -0.15) is 0 Å². The van der Waals surface area contributed by atoms with Gasteiger partial charge in [0.05, 0.1) is 0 Å². The number of carbonyl (C=O) groups excluding carboxylic acids is 1. The first-order valence-corrected chi connectivity index (χ1v) is 5.70. The zero-order valence-electron chi connectivity index (χ0n) is 10.1. The summed E-state index contributed by atoms with van der Waals surface area (Å²) in [5, 5.41) is 0. The minimum Gasteiger partial charge on any atom is -0.289 e. The molecular weight excluding hydrogens is 227 g/mol. The molecule has 0 bridgehead atoms. The fourth-order valence-electron chi connectivity index (χ4n) is 1.56. The second-order valence-electron chi connectivity index (χ2n) is 4.12. The maximum Gasteiger partial charge on any atom is 0.185 e. The van der Waals surface area contributed by atoms with E-state index in [-0.39, 0.29) is 11.6 Å². The van der Waals surface area contributed by atoms with Crippen molar-refractivity contribution in [2.45, 2.75) is 6.92 Å². The first-order chi connectivity index (χ1) is 8.65. The molecule has 2 aromatic rings. The summed E-state index contributed by atoms with van der Waals surface area (Å²) in [6, 6.07) is 13.4. The molecule has 0 unspecified atom stereocenters. The molecule has 90 valence electrons. The van der Waals surface area contributed by atoms with E-state index in [0.717, 1.165) is 5.56 Å². The lowest BCUT2D eigenvalue weighted by Crippen LogP contribution is -1.93.